The van der Waals surface area contributed by atoms with Crippen molar-refractivity contribution in [3.05, 3.63) is 36.1 Å². The normalized spacial score (nSPS) is 6.78. The average Bonchev–Trinajstić information content (AvgIpc) is 1.69. The maximum Gasteiger partial charge on any atom is 1.00 e. The molecule has 0 amide bonds. The van der Waals surface area contributed by atoms with Gasteiger partial charge in [-0.3, -0.25) is 24.3 Å². The summed E-state index contributed by atoms with van der Waals surface area (Å²) in [5.74, 6) is -0.359. The van der Waals surface area contributed by atoms with Gasteiger partial charge in [-0.15, -0.1) is 5.82 Å². The Balaban J connectivity index is 0. The fraction of sp³-hybridized carbons (Fsp3) is 0. The van der Waals surface area contributed by atoms with Crippen LogP contribution in [0.25, 0.3) is 0 Å². The molecule has 0 saturated carbocycles. The van der Waals surface area contributed by atoms with Gasteiger partial charge in [0.05, 0.1) is 0 Å². The molecule has 0 atom stereocenters. The van der Waals surface area contributed by atoms with Crippen LogP contribution >= 0.6 is 0 Å². The predicted octanol–water partition coefficient (Wildman–Crippen LogP) is -1.57. The van der Waals surface area contributed by atoms with E-state index < -0.39 is 0 Å². The van der Waals surface area contributed by atoms with Gasteiger partial charge >= 0.3 is 58.2 Å². The molecule has 0 bridgehead atoms. The van der Waals surface area contributed by atoms with Crippen LogP contribution < -0.4 is 58.2 Å². The molecular formula is C6H3FRbYb-. The number of benzene rings is 1. The average molecular weight is 353 g/mol. The third-order valence-corrected chi connectivity index (χ3v) is 0.611. The van der Waals surface area contributed by atoms with Crippen molar-refractivity contribution in [2.45, 2.75) is 0 Å². The molecule has 0 nitrogen and oxygen atoms in total. The van der Waals surface area contributed by atoms with E-state index in [1.807, 2.05) is 0 Å². The van der Waals surface area contributed by atoms with Crippen LogP contribution in [0.5, 0.6) is 0 Å². The largest absolute Gasteiger partial charge is 1.00 e. The molecule has 1 aromatic carbocycles. The molecule has 0 unspecified atom stereocenters. The smallest absolute Gasteiger partial charge is 0.317 e. The Hall–Kier alpha value is 2.47. The van der Waals surface area contributed by atoms with Gasteiger partial charge in [-0.2, -0.15) is 0 Å². The van der Waals surface area contributed by atoms with Gasteiger partial charge in [-0.25, -0.2) is 0 Å². The van der Waals surface area contributed by atoms with Crippen molar-refractivity contribution in [1.82, 2.24) is 0 Å². The van der Waals surface area contributed by atoms with E-state index in [0.717, 1.165) is 0 Å². The summed E-state index contributed by atoms with van der Waals surface area (Å²) in [6.07, 6.45) is 0. The molecule has 50 valence electrons. The molecule has 0 spiro atoms. The van der Waals surface area contributed by atoms with Crippen LogP contribution in [0.15, 0.2) is 18.2 Å². The molecule has 0 saturated heterocycles. The van der Waals surface area contributed by atoms with Gasteiger partial charge in [0.15, 0.2) is 0 Å². The first-order valence-electron chi connectivity index (χ1n) is 1.93. The molecule has 1 rings (SSSR count). The van der Waals surface area contributed by atoms with Gasteiger partial charge in [-0.05, 0) is 0 Å². The second-order valence-corrected chi connectivity index (χ2v) is 1.14. The summed E-state index contributed by atoms with van der Waals surface area (Å²) in [6.45, 7) is 0. The summed E-state index contributed by atoms with van der Waals surface area (Å²) in [7, 11) is 0. The minimum Gasteiger partial charge on any atom is -0.317 e. The van der Waals surface area contributed by atoms with Crippen molar-refractivity contribution in [2.75, 3.05) is 0 Å². The summed E-state index contributed by atoms with van der Waals surface area (Å²) in [4.78, 5) is 0. The van der Waals surface area contributed by atoms with Crippen molar-refractivity contribution in [1.29, 1.82) is 0 Å². The molecule has 0 fully saturated rings. The Kier molecular flexibility index (Phi) is 13.4. The topological polar surface area (TPSA) is 0 Å². The van der Waals surface area contributed by atoms with E-state index in [9.17, 15) is 4.39 Å². The van der Waals surface area contributed by atoms with E-state index in [0.29, 0.717) is 0 Å². The van der Waals surface area contributed by atoms with Gasteiger partial charge in [0.25, 0.3) is 0 Å². The summed E-state index contributed by atoms with van der Waals surface area (Å²) in [5, 5.41) is 0. The zero-order valence-electron chi connectivity index (χ0n) is 4.88. The molecule has 1 aromatic rings. The molecule has 0 radical (unpaired) electrons. The minimum atomic E-state index is -0.359. The molecule has 0 aliphatic rings. The number of rotatable bonds is 0. The number of hydrogen-bond donors (Lipinski definition) is 0. The van der Waals surface area contributed by atoms with Gasteiger partial charge in [0.1, 0.15) is 0 Å². The van der Waals surface area contributed by atoms with Crippen LogP contribution in [-0.2, 0) is 0 Å². The second-order valence-electron chi connectivity index (χ2n) is 1.14. The maximum absolute atomic E-state index is 11.8. The van der Waals surface area contributed by atoms with Crippen LogP contribution in [0.3, 0.4) is 0 Å². The van der Waals surface area contributed by atoms with Crippen molar-refractivity contribution < 1.29 is 110 Å². The second kappa shape index (κ2) is 8.57. The van der Waals surface area contributed by atoms with Crippen molar-refractivity contribution >= 4 is 0 Å². The summed E-state index contributed by atoms with van der Waals surface area (Å²) in [5.41, 5.74) is 0. The Morgan fingerprint density at radius 2 is 2.00 bits per heavy atom. The maximum atomic E-state index is 11.8. The Morgan fingerprint density at radius 3 is 2.22 bits per heavy atom. The van der Waals surface area contributed by atoms with E-state index in [1.54, 1.807) is 6.07 Å². The van der Waals surface area contributed by atoms with E-state index in [2.05, 4.69) is 12.1 Å². The van der Waals surface area contributed by atoms with Crippen LogP contribution in [0.2, 0.25) is 0 Å². The Bertz CT molecular complexity index is 143. The molecule has 0 heterocycles. The fourth-order valence-corrected chi connectivity index (χ4v) is 0.332. The first-order chi connectivity index (χ1) is 3.39. The molecular weight excluding hydrogens is 350 g/mol. The fourth-order valence-electron chi connectivity index (χ4n) is 0.332. The van der Waals surface area contributed by atoms with E-state index >= 15 is 0 Å². The third-order valence-electron chi connectivity index (χ3n) is 0.611. The van der Waals surface area contributed by atoms with E-state index in [1.165, 1.54) is 12.1 Å². The summed E-state index contributed by atoms with van der Waals surface area (Å²) < 4.78 is 11.8. The van der Waals surface area contributed by atoms with Crippen molar-refractivity contribution in [3.63, 3.8) is 0 Å². The molecule has 0 aliphatic carbocycles. The quantitative estimate of drug-likeness (QED) is 0.495. The zero-order valence-corrected chi connectivity index (χ0v) is 11.5. The van der Waals surface area contributed by atoms with Crippen LogP contribution in [0.1, 0.15) is 0 Å². The third kappa shape index (κ3) is 6.86. The monoisotopic (exact) mass is 353 g/mol. The zero-order chi connectivity index (χ0) is 5.11. The standard InChI is InChI=1S/C6H3F.Rb.Yb/c7-6-4-2-1-3-5-6;;/h1-2,5H;;/q-2;+1;. The van der Waals surface area contributed by atoms with Crippen molar-refractivity contribution in [2.24, 2.45) is 0 Å². The Labute approximate surface area is 142 Å². The van der Waals surface area contributed by atoms with Crippen LogP contribution in [-0.4, -0.2) is 0 Å². The molecule has 3 heteroatoms. The molecule has 0 aliphatic heterocycles. The number of halogens is 1. The number of hydrogen-bond acceptors (Lipinski definition) is 0. The summed E-state index contributed by atoms with van der Waals surface area (Å²) in [6, 6.07) is 9.21. The predicted molar refractivity (Wildman–Crippen MR) is 24.1 cm³/mol. The molecule has 9 heavy (non-hydrogen) atoms. The molecule has 0 aromatic heterocycles. The van der Waals surface area contributed by atoms with Crippen LogP contribution in [0, 0.1) is 64.9 Å². The van der Waals surface area contributed by atoms with Gasteiger partial charge in [-0.1, -0.05) is 0 Å². The molecule has 0 N–H and O–H groups in total. The SMILES string of the molecule is Fc1[c-]cc[c-]c1.[Rb+].[Yb]. The van der Waals surface area contributed by atoms with Gasteiger partial charge in [0.2, 0.25) is 0 Å². The van der Waals surface area contributed by atoms with E-state index in [-0.39, 0.29) is 111 Å². The first-order valence-corrected chi connectivity index (χ1v) is 1.93. The summed E-state index contributed by atoms with van der Waals surface area (Å²) >= 11 is 0. The van der Waals surface area contributed by atoms with Crippen molar-refractivity contribution in [3.8, 4) is 0 Å². The first kappa shape index (κ1) is 14.0. The van der Waals surface area contributed by atoms with Gasteiger partial charge in [0, 0.05) is 46.9 Å². The van der Waals surface area contributed by atoms with Crippen LogP contribution in [0.4, 0.5) is 4.39 Å². The Morgan fingerprint density at radius 1 is 1.33 bits per heavy atom. The van der Waals surface area contributed by atoms with Gasteiger partial charge < -0.3 is 10.5 Å². The van der Waals surface area contributed by atoms with E-state index in [4.69, 9.17) is 0 Å². The minimum absolute atomic E-state index is 0.